The molecule has 0 aliphatic heterocycles. The number of hydrogen-bond acceptors (Lipinski definition) is 2. The second-order valence-electron chi connectivity index (χ2n) is 5.87. The van der Waals surface area contributed by atoms with E-state index in [0.717, 1.165) is 17.5 Å². The Bertz CT molecular complexity index is 502. The minimum Gasteiger partial charge on any atom is -0.300 e. The molecule has 0 amide bonds. The van der Waals surface area contributed by atoms with E-state index in [0.29, 0.717) is 19.3 Å². The second kappa shape index (κ2) is 5.28. The molecule has 0 bridgehead atoms. The first-order chi connectivity index (χ1) is 9.01. The molecule has 0 N–H and O–H groups in total. The van der Waals surface area contributed by atoms with Gasteiger partial charge in [0.15, 0.2) is 5.78 Å². The van der Waals surface area contributed by atoms with E-state index in [2.05, 4.69) is 13.8 Å². The van der Waals surface area contributed by atoms with Gasteiger partial charge in [0.25, 0.3) is 0 Å². The lowest BCUT2D eigenvalue weighted by Gasteiger charge is -2.31. The molecule has 1 aromatic carbocycles. The van der Waals surface area contributed by atoms with E-state index in [-0.39, 0.29) is 22.9 Å². The van der Waals surface area contributed by atoms with Gasteiger partial charge in [-0.25, -0.2) is 0 Å². The smallest absolute Gasteiger partial charge is 0.169 e. The van der Waals surface area contributed by atoms with Crippen molar-refractivity contribution in [3.8, 4) is 0 Å². The minimum absolute atomic E-state index is 0.238. The van der Waals surface area contributed by atoms with Crippen molar-refractivity contribution in [3.63, 3.8) is 0 Å². The third-order valence-electron chi connectivity index (χ3n) is 4.57. The van der Waals surface area contributed by atoms with Crippen molar-refractivity contribution >= 4 is 11.6 Å². The van der Waals surface area contributed by atoms with E-state index in [1.165, 1.54) is 0 Å². The van der Waals surface area contributed by atoms with E-state index >= 15 is 0 Å². The molecule has 0 radical (unpaired) electrons. The first-order valence-corrected chi connectivity index (χ1v) is 7.15. The van der Waals surface area contributed by atoms with Gasteiger partial charge in [0.1, 0.15) is 5.78 Å². The Balaban J connectivity index is 2.29. The Morgan fingerprint density at radius 1 is 1.32 bits per heavy atom. The fourth-order valence-corrected chi connectivity index (χ4v) is 3.08. The first kappa shape index (κ1) is 14.0. The second-order valence-corrected chi connectivity index (χ2v) is 5.87. The molecule has 0 aromatic heterocycles. The number of fused-ring (bicyclic) bond motifs is 1. The number of carbonyl (C=O) groups excluding carboxylic acids is 2. The van der Waals surface area contributed by atoms with Crippen LogP contribution in [-0.4, -0.2) is 11.6 Å². The molecule has 0 fully saturated rings. The predicted octanol–water partition coefficient (Wildman–Crippen LogP) is 3.83. The third-order valence-corrected chi connectivity index (χ3v) is 4.57. The van der Waals surface area contributed by atoms with E-state index in [1.54, 1.807) is 0 Å². The molecule has 0 heterocycles. The number of rotatable bonds is 5. The van der Waals surface area contributed by atoms with Crippen LogP contribution in [0.4, 0.5) is 0 Å². The Morgan fingerprint density at radius 3 is 2.58 bits per heavy atom. The summed E-state index contributed by atoms with van der Waals surface area (Å²) in [6, 6.07) is 7.87. The average Bonchev–Trinajstić information content (AvgIpc) is 2.71. The summed E-state index contributed by atoms with van der Waals surface area (Å²) in [5, 5.41) is 0. The highest BCUT2D eigenvalue weighted by atomic mass is 16.1. The van der Waals surface area contributed by atoms with Crippen molar-refractivity contribution in [2.75, 3.05) is 0 Å². The first-order valence-electron chi connectivity index (χ1n) is 7.15. The van der Waals surface area contributed by atoms with Crippen molar-refractivity contribution < 1.29 is 9.59 Å². The summed E-state index contributed by atoms with van der Waals surface area (Å²) in [5.41, 5.74) is 1.64. The van der Waals surface area contributed by atoms with Gasteiger partial charge in [-0.2, -0.15) is 0 Å². The SMILES string of the molecule is CCC(=O)CCC1(C(C)C)Cc2ccccc2C1=O. The molecule has 2 heteroatoms. The van der Waals surface area contributed by atoms with E-state index in [9.17, 15) is 9.59 Å². The lowest BCUT2D eigenvalue weighted by Crippen LogP contribution is -2.34. The fourth-order valence-electron chi connectivity index (χ4n) is 3.08. The van der Waals surface area contributed by atoms with Gasteiger partial charge >= 0.3 is 0 Å². The zero-order valence-corrected chi connectivity index (χ0v) is 12.0. The van der Waals surface area contributed by atoms with Crippen molar-refractivity contribution in [2.45, 2.75) is 46.5 Å². The molecule has 2 nitrogen and oxygen atoms in total. The third kappa shape index (κ3) is 2.36. The number of carbonyl (C=O) groups is 2. The predicted molar refractivity (Wildman–Crippen MR) is 76.3 cm³/mol. The summed E-state index contributed by atoms with van der Waals surface area (Å²) >= 11 is 0. The van der Waals surface area contributed by atoms with Gasteiger partial charge in [-0.3, -0.25) is 9.59 Å². The molecule has 1 aromatic rings. The van der Waals surface area contributed by atoms with Gasteiger partial charge in [0, 0.05) is 23.8 Å². The Morgan fingerprint density at radius 2 is 2.00 bits per heavy atom. The maximum Gasteiger partial charge on any atom is 0.169 e. The molecule has 102 valence electrons. The van der Waals surface area contributed by atoms with Gasteiger partial charge in [-0.15, -0.1) is 0 Å². The van der Waals surface area contributed by atoms with Gasteiger partial charge in [0.2, 0.25) is 0 Å². The molecule has 1 atom stereocenters. The number of Topliss-reactive ketones (excluding diaryl/α,β-unsaturated/α-hetero) is 2. The van der Waals surface area contributed by atoms with Crippen LogP contribution in [0.5, 0.6) is 0 Å². The van der Waals surface area contributed by atoms with Crippen LogP contribution in [-0.2, 0) is 11.2 Å². The Labute approximate surface area is 115 Å². The van der Waals surface area contributed by atoms with Crippen LogP contribution in [0.25, 0.3) is 0 Å². The summed E-state index contributed by atoms with van der Waals surface area (Å²) < 4.78 is 0. The topological polar surface area (TPSA) is 34.1 Å². The molecule has 1 aliphatic carbocycles. The summed E-state index contributed by atoms with van der Waals surface area (Å²) in [6.45, 7) is 6.08. The van der Waals surface area contributed by atoms with E-state index < -0.39 is 0 Å². The zero-order valence-electron chi connectivity index (χ0n) is 12.0. The van der Waals surface area contributed by atoms with Crippen LogP contribution >= 0.6 is 0 Å². The van der Waals surface area contributed by atoms with Crippen molar-refractivity contribution in [2.24, 2.45) is 11.3 Å². The number of hydrogen-bond donors (Lipinski definition) is 0. The standard InChI is InChI=1S/C17H22O2/c1-4-14(18)9-10-17(12(2)3)11-13-7-5-6-8-15(13)16(17)19/h5-8,12H,4,9-11H2,1-3H3. The van der Waals surface area contributed by atoms with Crippen LogP contribution in [0.3, 0.4) is 0 Å². The van der Waals surface area contributed by atoms with Gasteiger partial charge in [-0.1, -0.05) is 45.0 Å². The van der Waals surface area contributed by atoms with Crippen LogP contribution in [0, 0.1) is 11.3 Å². The number of benzene rings is 1. The molecule has 19 heavy (non-hydrogen) atoms. The Hall–Kier alpha value is -1.44. The highest BCUT2D eigenvalue weighted by Gasteiger charge is 2.47. The van der Waals surface area contributed by atoms with Crippen LogP contribution < -0.4 is 0 Å². The van der Waals surface area contributed by atoms with Gasteiger partial charge in [0.05, 0.1) is 0 Å². The van der Waals surface area contributed by atoms with Crippen LogP contribution in [0.1, 0.15) is 56.0 Å². The average molecular weight is 258 g/mol. The lowest BCUT2D eigenvalue weighted by atomic mass is 9.70. The summed E-state index contributed by atoms with van der Waals surface area (Å²) in [6.07, 6.45) is 2.56. The van der Waals surface area contributed by atoms with Crippen LogP contribution in [0.15, 0.2) is 24.3 Å². The normalized spacial score (nSPS) is 21.8. The lowest BCUT2D eigenvalue weighted by molar-refractivity contribution is -0.119. The highest BCUT2D eigenvalue weighted by Crippen LogP contribution is 2.45. The van der Waals surface area contributed by atoms with Crippen molar-refractivity contribution in [1.29, 1.82) is 0 Å². The minimum atomic E-state index is -0.367. The molecular formula is C17H22O2. The zero-order chi connectivity index (χ0) is 14.0. The maximum atomic E-state index is 12.7. The van der Waals surface area contributed by atoms with Gasteiger partial charge in [-0.05, 0) is 24.3 Å². The molecule has 0 saturated heterocycles. The van der Waals surface area contributed by atoms with Crippen molar-refractivity contribution in [3.05, 3.63) is 35.4 Å². The summed E-state index contributed by atoms with van der Waals surface area (Å²) in [5.74, 6) is 0.753. The summed E-state index contributed by atoms with van der Waals surface area (Å²) in [4.78, 5) is 24.4. The molecule has 0 saturated carbocycles. The largest absolute Gasteiger partial charge is 0.300 e. The van der Waals surface area contributed by atoms with E-state index in [4.69, 9.17) is 0 Å². The maximum absolute atomic E-state index is 12.7. The highest BCUT2D eigenvalue weighted by molar-refractivity contribution is 6.05. The molecule has 1 aliphatic rings. The van der Waals surface area contributed by atoms with Gasteiger partial charge < -0.3 is 0 Å². The summed E-state index contributed by atoms with van der Waals surface area (Å²) in [7, 11) is 0. The molecule has 0 spiro atoms. The Kier molecular flexibility index (Phi) is 3.88. The molecular weight excluding hydrogens is 236 g/mol. The van der Waals surface area contributed by atoms with Crippen molar-refractivity contribution in [1.82, 2.24) is 0 Å². The number of ketones is 2. The molecule has 2 rings (SSSR count). The quantitative estimate of drug-likeness (QED) is 0.804. The fraction of sp³-hybridized carbons (Fsp3) is 0.529. The van der Waals surface area contributed by atoms with Crippen LogP contribution in [0.2, 0.25) is 0 Å². The monoisotopic (exact) mass is 258 g/mol. The van der Waals surface area contributed by atoms with E-state index in [1.807, 2.05) is 31.2 Å². The molecule has 1 unspecified atom stereocenters.